The molecule has 0 aromatic rings. The number of fused-ring (bicyclic) bond motifs is 1. The Morgan fingerprint density at radius 3 is 2.67 bits per heavy atom. The zero-order valence-corrected chi connectivity index (χ0v) is 7.58. The van der Waals surface area contributed by atoms with Gasteiger partial charge in [0.1, 0.15) is 6.10 Å². The minimum atomic E-state index is -0.104. The van der Waals surface area contributed by atoms with Crippen molar-refractivity contribution in [2.45, 2.75) is 45.1 Å². The fourth-order valence-corrected chi connectivity index (χ4v) is 2.60. The first-order chi connectivity index (χ1) is 5.77. The minimum Gasteiger partial charge on any atom is -0.462 e. The fraction of sp³-hybridized carbons (Fsp3) is 0.900. The molecule has 0 aromatic heterocycles. The van der Waals surface area contributed by atoms with Crippen LogP contribution in [0.1, 0.15) is 39.0 Å². The standard InChI is InChI=1S/C10H16O2/c1-7(11)12-10-4-2-3-8-5-6-9(8)10/h8-10H,2-6H2,1H3/t8-,9-,10-/m0/s1. The van der Waals surface area contributed by atoms with Crippen molar-refractivity contribution >= 4 is 5.97 Å². The summed E-state index contributed by atoms with van der Waals surface area (Å²) in [6.07, 6.45) is 6.61. The van der Waals surface area contributed by atoms with Gasteiger partial charge in [0.15, 0.2) is 0 Å². The molecule has 2 saturated carbocycles. The Morgan fingerprint density at radius 1 is 1.25 bits per heavy atom. The molecule has 2 aliphatic rings. The lowest BCUT2D eigenvalue weighted by atomic mass is 9.64. The molecule has 2 nitrogen and oxygen atoms in total. The zero-order valence-electron chi connectivity index (χ0n) is 7.58. The van der Waals surface area contributed by atoms with Crippen LogP contribution in [0.15, 0.2) is 0 Å². The number of hydrogen-bond acceptors (Lipinski definition) is 2. The van der Waals surface area contributed by atoms with Gasteiger partial charge < -0.3 is 4.74 Å². The lowest BCUT2D eigenvalue weighted by molar-refractivity contribution is -0.156. The topological polar surface area (TPSA) is 26.3 Å². The van der Waals surface area contributed by atoms with E-state index in [1.54, 1.807) is 0 Å². The van der Waals surface area contributed by atoms with Crippen LogP contribution in [0.5, 0.6) is 0 Å². The first-order valence-corrected chi connectivity index (χ1v) is 4.94. The van der Waals surface area contributed by atoms with Crippen LogP contribution >= 0.6 is 0 Å². The van der Waals surface area contributed by atoms with Crippen LogP contribution in [0.2, 0.25) is 0 Å². The molecule has 0 unspecified atom stereocenters. The summed E-state index contributed by atoms with van der Waals surface area (Å²) < 4.78 is 5.29. The van der Waals surface area contributed by atoms with Crippen molar-refractivity contribution in [1.82, 2.24) is 0 Å². The Balaban J connectivity index is 1.91. The summed E-state index contributed by atoms with van der Waals surface area (Å²) in [6, 6.07) is 0. The molecule has 0 bridgehead atoms. The molecule has 3 atom stereocenters. The van der Waals surface area contributed by atoms with Crippen molar-refractivity contribution in [2.24, 2.45) is 11.8 Å². The Labute approximate surface area is 73.3 Å². The van der Waals surface area contributed by atoms with E-state index in [1.165, 1.54) is 32.6 Å². The highest BCUT2D eigenvalue weighted by atomic mass is 16.5. The normalized spacial score (nSPS) is 39.6. The van der Waals surface area contributed by atoms with Gasteiger partial charge >= 0.3 is 5.97 Å². The monoisotopic (exact) mass is 168 g/mol. The molecule has 0 heterocycles. The number of carbonyl (C=O) groups excluding carboxylic acids is 1. The van der Waals surface area contributed by atoms with E-state index in [4.69, 9.17) is 4.74 Å². The molecule has 0 spiro atoms. The molecule has 0 radical (unpaired) electrons. The van der Waals surface area contributed by atoms with Crippen LogP contribution in [0.25, 0.3) is 0 Å². The van der Waals surface area contributed by atoms with Gasteiger partial charge in [-0.15, -0.1) is 0 Å². The quantitative estimate of drug-likeness (QED) is 0.561. The smallest absolute Gasteiger partial charge is 0.302 e. The summed E-state index contributed by atoms with van der Waals surface area (Å²) in [7, 11) is 0. The van der Waals surface area contributed by atoms with Crippen molar-refractivity contribution in [3.63, 3.8) is 0 Å². The zero-order chi connectivity index (χ0) is 8.55. The summed E-state index contributed by atoms with van der Waals surface area (Å²) in [5.74, 6) is 1.48. The third-order valence-electron chi connectivity index (χ3n) is 3.33. The molecule has 12 heavy (non-hydrogen) atoms. The maximum absolute atomic E-state index is 10.8. The van der Waals surface area contributed by atoms with E-state index in [9.17, 15) is 4.79 Å². The van der Waals surface area contributed by atoms with E-state index >= 15 is 0 Å². The number of ether oxygens (including phenoxy) is 1. The fourth-order valence-electron chi connectivity index (χ4n) is 2.60. The molecule has 2 aliphatic carbocycles. The van der Waals surface area contributed by atoms with Gasteiger partial charge in [0.2, 0.25) is 0 Å². The summed E-state index contributed by atoms with van der Waals surface area (Å²) in [6.45, 7) is 1.52. The van der Waals surface area contributed by atoms with Crippen LogP contribution in [-0.4, -0.2) is 12.1 Å². The van der Waals surface area contributed by atoms with Crippen molar-refractivity contribution in [3.8, 4) is 0 Å². The van der Waals surface area contributed by atoms with E-state index in [2.05, 4.69) is 0 Å². The summed E-state index contributed by atoms with van der Waals surface area (Å²) in [4.78, 5) is 10.8. The van der Waals surface area contributed by atoms with Crippen LogP contribution < -0.4 is 0 Å². The first-order valence-electron chi connectivity index (χ1n) is 4.94. The second-order valence-electron chi connectivity index (χ2n) is 4.08. The average Bonchev–Trinajstić information content (AvgIpc) is 1.91. The van der Waals surface area contributed by atoms with Crippen LogP contribution in [-0.2, 0) is 9.53 Å². The first kappa shape index (κ1) is 8.09. The second-order valence-corrected chi connectivity index (χ2v) is 4.08. The van der Waals surface area contributed by atoms with Crippen molar-refractivity contribution in [1.29, 1.82) is 0 Å². The minimum absolute atomic E-state index is 0.104. The van der Waals surface area contributed by atoms with Crippen LogP contribution in [0.3, 0.4) is 0 Å². The number of carbonyl (C=O) groups is 1. The van der Waals surface area contributed by atoms with Crippen molar-refractivity contribution in [3.05, 3.63) is 0 Å². The molecule has 68 valence electrons. The molecule has 2 fully saturated rings. The summed E-state index contributed by atoms with van der Waals surface area (Å²) >= 11 is 0. The molecule has 0 aromatic carbocycles. The van der Waals surface area contributed by atoms with Gasteiger partial charge in [-0.05, 0) is 43.9 Å². The van der Waals surface area contributed by atoms with Gasteiger partial charge in [-0.1, -0.05) is 0 Å². The molecular formula is C10H16O2. The lowest BCUT2D eigenvalue weighted by Gasteiger charge is -2.45. The van der Waals surface area contributed by atoms with E-state index < -0.39 is 0 Å². The third-order valence-corrected chi connectivity index (χ3v) is 3.33. The van der Waals surface area contributed by atoms with Gasteiger partial charge in [0.25, 0.3) is 0 Å². The second kappa shape index (κ2) is 3.08. The Kier molecular flexibility index (Phi) is 2.07. The summed E-state index contributed by atoms with van der Waals surface area (Å²) in [5.41, 5.74) is 0. The molecule has 0 amide bonds. The highest BCUT2D eigenvalue weighted by Crippen LogP contribution is 2.45. The molecule has 0 saturated heterocycles. The summed E-state index contributed by atoms with van der Waals surface area (Å²) in [5, 5.41) is 0. The Bertz CT molecular complexity index is 188. The Morgan fingerprint density at radius 2 is 2.08 bits per heavy atom. The predicted octanol–water partition coefficient (Wildman–Crippen LogP) is 2.13. The number of hydrogen-bond donors (Lipinski definition) is 0. The van der Waals surface area contributed by atoms with E-state index in [0.717, 1.165) is 12.3 Å². The van der Waals surface area contributed by atoms with Crippen molar-refractivity contribution in [2.75, 3.05) is 0 Å². The molecular weight excluding hydrogens is 152 g/mol. The van der Waals surface area contributed by atoms with Gasteiger partial charge in [0.05, 0.1) is 0 Å². The van der Waals surface area contributed by atoms with Gasteiger partial charge in [0, 0.05) is 6.92 Å². The van der Waals surface area contributed by atoms with E-state index in [1.807, 2.05) is 0 Å². The van der Waals surface area contributed by atoms with E-state index in [0.29, 0.717) is 5.92 Å². The van der Waals surface area contributed by atoms with Crippen molar-refractivity contribution < 1.29 is 9.53 Å². The molecule has 0 N–H and O–H groups in total. The highest BCUT2D eigenvalue weighted by Gasteiger charge is 2.40. The number of esters is 1. The Hall–Kier alpha value is -0.530. The third kappa shape index (κ3) is 1.35. The maximum Gasteiger partial charge on any atom is 0.302 e. The van der Waals surface area contributed by atoms with Gasteiger partial charge in [-0.2, -0.15) is 0 Å². The number of rotatable bonds is 1. The van der Waals surface area contributed by atoms with Crippen LogP contribution in [0.4, 0.5) is 0 Å². The molecule has 0 aliphatic heterocycles. The van der Waals surface area contributed by atoms with Gasteiger partial charge in [-0.3, -0.25) is 4.79 Å². The van der Waals surface area contributed by atoms with E-state index in [-0.39, 0.29) is 12.1 Å². The SMILES string of the molecule is CC(=O)O[C@H]1CCC[C@H]2CC[C@@H]21. The maximum atomic E-state index is 10.8. The molecule has 2 heteroatoms. The largest absolute Gasteiger partial charge is 0.462 e. The molecule has 2 rings (SSSR count). The lowest BCUT2D eigenvalue weighted by Crippen LogP contribution is -2.41. The predicted molar refractivity (Wildman–Crippen MR) is 45.6 cm³/mol. The van der Waals surface area contributed by atoms with Crippen LogP contribution in [0, 0.1) is 11.8 Å². The average molecular weight is 168 g/mol. The van der Waals surface area contributed by atoms with Gasteiger partial charge in [-0.25, -0.2) is 0 Å². The highest BCUT2D eigenvalue weighted by molar-refractivity contribution is 5.66.